The lowest BCUT2D eigenvalue weighted by atomic mass is 10.1. The van der Waals surface area contributed by atoms with Crippen molar-refractivity contribution in [3.8, 4) is 0 Å². The Labute approximate surface area is 119 Å². The largest absolute Gasteiger partial charge is 0.385 e. The highest BCUT2D eigenvalue weighted by Gasteiger charge is 2.04. The smallest absolute Gasteiger partial charge is 0.165 e. The molecule has 2 aromatic rings. The number of hydrogen-bond acceptors (Lipinski definition) is 3. The van der Waals surface area contributed by atoms with Gasteiger partial charge in [-0.05, 0) is 24.0 Å². The van der Waals surface area contributed by atoms with Crippen LogP contribution in [0.2, 0.25) is 0 Å². The van der Waals surface area contributed by atoms with Gasteiger partial charge in [-0.1, -0.05) is 43.8 Å². The predicted octanol–water partition coefficient (Wildman–Crippen LogP) is 4.16. The van der Waals surface area contributed by atoms with Gasteiger partial charge < -0.3 is 10.3 Å². The summed E-state index contributed by atoms with van der Waals surface area (Å²) in [4.78, 5) is 7.35. The van der Waals surface area contributed by atoms with E-state index in [0.29, 0.717) is 0 Å². The molecule has 0 spiro atoms. The molecule has 0 saturated heterocycles. The molecule has 0 aliphatic carbocycles. The molecule has 0 aliphatic heterocycles. The third-order valence-electron chi connectivity index (χ3n) is 2.89. The van der Waals surface area contributed by atoms with Crippen LogP contribution in [0, 0.1) is 5.92 Å². The SMILES string of the molecule is CC(C)CCNc1ccccc1CSc1ncc[nH]1. The van der Waals surface area contributed by atoms with E-state index in [1.54, 1.807) is 18.0 Å². The summed E-state index contributed by atoms with van der Waals surface area (Å²) in [7, 11) is 0. The number of nitrogens with zero attached hydrogens (tertiary/aromatic N) is 1. The van der Waals surface area contributed by atoms with Crippen LogP contribution in [-0.4, -0.2) is 16.5 Å². The Kier molecular flexibility index (Phi) is 5.33. The van der Waals surface area contributed by atoms with Crippen LogP contribution in [-0.2, 0) is 5.75 Å². The first-order valence-electron chi connectivity index (χ1n) is 6.69. The van der Waals surface area contributed by atoms with Crippen molar-refractivity contribution in [1.29, 1.82) is 0 Å². The molecule has 0 unspecified atom stereocenters. The van der Waals surface area contributed by atoms with Crippen molar-refractivity contribution in [2.75, 3.05) is 11.9 Å². The first kappa shape index (κ1) is 14.0. The van der Waals surface area contributed by atoms with E-state index in [0.717, 1.165) is 23.4 Å². The van der Waals surface area contributed by atoms with Crippen molar-refractivity contribution in [3.05, 3.63) is 42.2 Å². The molecule has 0 bridgehead atoms. The second-order valence-electron chi connectivity index (χ2n) is 4.95. The van der Waals surface area contributed by atoms with Crippen LogP contribution in [0.25, 0.3) is 0 Å². The molecule has 0 fully saturated rings. The van der Waals surface area contributed by atoms with Crippen molar-refractivity contribution in [2.45, 2.75) is 31.2 Å². The normalized spacial score (nSPS) is 10.9. The second kappa shape index (κ2) is 7.24. The van der Waals surface area contributed by atoms with E-state index < -0.39 is 0 Å². The molecule has 1 aromatic heterocycles. The average Bonchev–Trinajstić information content (AvgIpc) is 2.90. The van der Waals surface area contributed by atoms with Crippen LogP contribution in [0.3, 0.4) is 0 Å². The summed E-state index contributed by atoms with van der Waals surface area (Å²) in [6, 6.07) is 8.50. The molecule has 19 heavy (non-hydrogen) atoms. The Hall–Kier alpha value is -1.42. The van der Waals surface area contributed by atoms with Gasteiger partial charge in [0.2, 0.25) is 0 Å². The summed E-state index contributed by atoms with van der Waals surface area (Å²) < 4.78 is 0. The van der Waals surface area contributed by atoms with E-state index in [1.807, 2.05) is 6.20 Å². The molecule has 1 heterocycles. The number of hydrogen-bond donors (Lipinski definition) is 2. The van der Waals surface area contributed by atoms with E-state index in [9.17, 15) is 0 Å². The first-order valence-corrected chi connectivity index (χ1v) is 7.68. The fraction of sp³-hybridized carbons (Fsp3) is 0.400. The molecule has 1 aromatic carbocycles. The number of rotatable bonds is 7. The standard InChI is InChI=1S/C15H21N3S/c1-12(2)7-8-16-14-6-4-3-5-13(14)11-19-15-17-9-10-18-15/h3-6,9-10,12,16H,7-8,11H2,1-2H3,(H,17,18). The zero-order valence-electron chi connectivity index (χ0n) is 11.5. The maximum atomic E-state index is 4.23. The number of aromatic nitrogens is 2. The lowest BCUT2D eigenvalue weighted by Crippen LogP contribution is -2.06. The fourth-order valence-corrected chi connectivity index (χ4v) is 2.62. The molecule has 0 aliphatic rings. The topological polar surface area (TPSA) is 40.7 Å². The first-order chi connectivity index (χ1) is 9.25. The van der Waals surface area contributed by atoms with Gasteiger partial charge >= 0.3 is 0 Å². The summed E-state index contributed by atoms with van der Waals surface area (Å²) in [5, 5.41) is 4.50. The molecule has 4 heteroatoms. The Morgan fingerprint density at radius 1 is 1.32 bits per heavy atom. The van der Waals surface area contributed by atoms with Gasteiger partial charge in [-0.2, -0.15) is 0 Å². The van der Waals surface area contributed by atoms with E-state index in [2.05, 4.69) is 53.4 Å². The van der Waals surface area contributed by atoms with Crippen LogP contribution in [0.15, 0.2) is 41.8 Å². The second-order valence-corrected chi connectivity index (χ2v) is 5.91. The maximum absolute atomic E-state index is 4.23. The lowest BCUT2D eigenvalue weighted by molar-refractivity contribution is 0.607. The van der Waals surface area contributed by atoms with Crippen molar-refractivity contribution >= 4 is 17.4 Å². The third-order valence-corrected chi connectivity index (χ3v) is 3.84. The summed E-state index contributed by atoms with van der Waals surface area (Å²) in [6.45, 7) is 5.53. The average molecular weight is 275 g/mol. The van der Waals surface area contributed by atoms with Gasteiger partial charge in [0.1, 0.15) is 0 Å². The van der Waals surface area contributed by atoms with Gasteiger partial charge in [0.05, 0.1) is 0 Å². The van der Waals surface area contributed by atoms with Crippen LogP contribution in [0.4, 0.5) is 5.69 Å². The molecule has 0 saturated carbocycles. The zero-order chi connectivity index (χ0) is 13.5. The molecule has 2 N–H and O–H groups in total. The van der Waals surface area contributed by atoms with Gasteiger partial charge in [-0.15, -0.1) is 0 Å². The lowest BCUT2D eigenvalue weighted by Gasteiger charge is -2.12. The Balaban J connectivity index is 1.92. The predicted molar refractivity (Wildman–Crippen MR) is 82.5 cm³/mol. The number of imidazole rings is 1. The quantitative estimate of drug-likeness (QED) is 0.745. The van der Waals surface area contributed by atoms with Crippen molar-refractivity contribution < 1.29 is 0 Å². The van der Waals surface area contributed by atoms with Gasteiger partial charge in [0, 0.05) is 30.4 Å². The highest BCUT2D eigenvalue weighted by molar-refractivity contribution is 7.98. The molecule has 0 radical (unpaired) electrons. The number of benzene rings is 1. The highest BCUT2D eigenvalue weighted by atomic mass is 32.2. The minimum Gasteiger partial charge on any atom is -0.385 e. The number of aromatic amines is 1. The monoisotopic (exact) mass is 275 g/mol. The van der Waals surface area contributed by atoms with Gasteiger partial charge in [-0.25, -0.2) is 4.98 Å². The maximum Gasteiger partial charge on any atom is 0.165 e. The molecular formula is C15H21N3S. The van der Waals surface area contributed by atoms with Crippen LogP contribution >= 0.6 is 11.8 Å². The van der Waals surface area contributed by atoms with Gasteiger partial charge in [-0.3, -0.25) is 0 Å². The zero-order valence-corrected chi connectivity index (χ0v) is 12.3. The Morgan fingerprint density at radius 2 is 2.16 bits per heavy atom. The minimum atomic E-state index is 0.733. The molecule has 2 rings (SSSR count). The summed E-state index contributed by atoms with van der Waals surface area (Å²) in [5.41, 5.74) is 2.56. The fourth-order valence-electron chi connectivity index (χ4n) is 1.79. The van der Waals surface area contributed by atoms with Crippen LogP contribution in [0.1, 0.15) is 25.8 Å². The number of thioether (sulfide) groups is 1. The number of nitrogens with one attached hydrogen (secondary N) is 2. The van der Waals surface area contributed by atoms with E-state index in [4.69, 9.17) is 0 Å². The van der Waals surface area contributed by atoms with Crippen molar-refractivity contribution in [2.24, 2.45) is 5.92 Å². The minimum absolute atomic E-state index is 0.733. The number of H-pyrrole nitrogens is 1. The van der Waals surface area contributed by atoms with E-state index >= 15 is 0 Å². The number of para-hydroxylation sites is 1. The molecule has 0 atom stereocenters. The molecule has 3 nitrogen and oxygen atoms in total. The third kappa shape index (κ3) is 4.63. The van der Waals surface area contributed by atoms with Gasteiger partial charge in [0.25, 0.3) is 0 Å². The number of anilines is 1. The highest BCUT2D eigenvalue weighted by Crippen LogP contribution is 2.24. The van der Waals surface area contributed by atoms with Crippen LogP contribution < -0.4 is 5.32 Å². The van der Waals surface area contributed by atoms with E-state index in [1.165, 1.54) is 17.7 Å². The van der Waals surface area contributed by atoms with Crippen molar-refractivity contribution in [1.82, 2.24) is 9.97 Å². The molecule has 0 amide bonds. The van der Waals surface area contributed by atoms with Crippen LogP contribution in [0.5, 0.6) is 0 Å². The molecule has 102 valence electrons. The Morgan fingerprint density at radius 3 is 2.89 bits per heavy atom. The molecular weight excluding hydrogens is 254 g/mol. The van der Waals surface area contributed by atoms with Crippen molar-refractivity contribution in [3.63, 3.8) is 0 Å². The summed E-state index contributed by atoms with van der Waals surface area (Å²) in [5.74, 6) is 1.66. The Bertz CT molecular complexity index is 480. The van der Waals surface area contributed by atoms with Gasteiger partial charge in [0.15, 0.2) is 5.16 Å². The summed E-state index contributed by atoms with van der Waals surface area (Å²) in [6.07, 6.45) is 4.84. The summed E-state index contributed by atoms with van der Waals surface area (Å²) >= 11 is 1.73. The van der Waals surface area contributed by atoms with E-state index in [-0.39, 0.29) is 0 Å².